The molecule has 1 aromatic heterocycles. The van der Waals surface area contributed by atoms with Gasteiger partial charge in [0.05, 0.1) is 13.7 Å². The van der Waals surface area contributed by atoms with Gasteiger partial charge in [0, 0.05) is 22.6 Å². The first-order valence-corrected chi connectivity index (χ1v) is 9.04. The summed E-state index contributed by atoms with van der Waals surface area (Å²) in [5.41, 5.74) is 4.86. The Morgan fingerprint density at radius 2 is 1.77 bits per heavy atom. The highest BCUT2D eigenvalue weighted by atomic mass is 16.5. The molecule has 1 N–H and O–H groups in total. The van der Waals surface area contributed by atoms with E-state index < -0.39 is 0 Å². The van der Waals surface area contributed by atoms with E-state index in [1.54, 1.807) is 6.07 Å². The lowest BCUT2D eigenvalue weighted by Crippen LogP contribution is -3.06. The van der Waals surface area contributed by atoms with E-state index in [0.29, 0.717) is 12.2 Å². The molecule has 0 fully saturated rings. The smallest absolute Gasteiger partial charge is 0.336 e. The lowest BCUT2D eigenvalue weighted by Gasteiger charge is -2.16. The van der Waals surface area contributed by atoms with Crippen molar-refractivity contribution < 1.29 is 14.1 Å². The van der Waals surface area contributed by atoms with Gasteiger partial charge in [-0.2, -0.15) is 0 Å². The number of hydrogen-bond acceptors (Lipinski definition) is 3. The number of ether oxygens (including phenoxy) is 1. The van der Waals surface area contributed by atoms with E-state index in [-0.39, 0.29) is 5.63 Å². The minimum atomic E-state index is -0.282. The Labute approximate surface area is 154 Å². The fraction of sp³-hybridized carbons (Fsp3) is 0.318. The first-order chi connectivity index (χ1) is 12.5. The molecule has 3 rings (SSSR count). The predicted octanol–water partition coefficient (Wildman–Crippen LogP) is 3.02. The van der Waals surface area contributed by atoms with Crippen molar-refractivity contribution in [1.82, 2.24) is 0 Å². The van der Waals surface area contributed by atoms with Crippen molar-refractivity contribution in [3.05, 3.63) is 75.1 Å². The van der Waals surface area contributed by atoms with Gasteiger partial charge in [0.2, 0.25) is 0 Å². The summed E-state index contributed by atoms with van der Waals surface area (Å²) in [6.07, 6.45) is 0. The Kier molecular flexibility index (Phi) is 5.43. The second kappa shape index (κ2) is 7.75. The van der Waals surface area contributed by atoms with E-state index >= 15 is 0 Å². The topological polar surface area (TPSA) is 43.9 Å². The van der Waals surface area contributed by atoms with Crippen molar-refractivity contribution in [2.45, 2.75) is 33.9 Å². The minimum Gasteiger partial charge on any atom is -0.494 e. The number of quaternary nitrogens is 1. The van der Waals surface area contributed by atoms with Gasteiger partial charge in [-0.15, -0.1) is 0 Å². The zero-order chi connectivity index (χ0) is 18.7. The van der Waals surface area contributed by atoms with Crippen LogP contribution in [0.1, 0.15) is 29.2 Å². The summed E-state index contributed by atoms with van der Waals surface area (Å²) in [6.45, 7) is 8.32. The molecule has 0 aliphatic rings. The highest BCUT2D eigenvalue weighted by molar-refractivity contribution is 5.83. The summed E-state index contributed by atoms with van der Waals surface area (Å²) in [5, 5.41) is 1.03. The molecule has 4 nitrogen and oxygen atoms in total. The van der Waals surface area contributed by atoms with Crippen LogP contribution in [0.3, 0.4) is 0 Å². The maximum atomic E-state index is 12.0. The zero-order valence-electron chi connectivity index (χ0n) is 15.9. The third kappa shape index (κ3) is 3.97. The second-order valence-corrected chi connectivity index (χ2v) is 6.86. The van der Waals surface area contributed by atoms with Crippen LogP contribution in [0.15, 0.2) is 51.7 Å². The van der Waals surface area contributed by atoms with E-state index in [1.807, 2.05) is 32.9 Å². The SMILES string of the molecule is CCOc1ccc(C[NH+](C)Cc2cc(=O)oc3c(C)c(C)ccc23)cc1. The summed E-state index contributed by atoms with van der Waals surface area (Å²) in [6, 6.07) is 14.0. The van der Waals surface area contributed by atoms with Crippen molar-refractivity contribution in [2.75, 3.05) is 13.7 Å². The maximum absolute atomic E-state index is 12.0. The molecule has 0 spiro atoms. The molecule has 0 saturated carbocycles. The van der Waals surface area contributed by atoms with E-state index in [0.717, 1.165) is 40.9 Å². The monoisotopic (exact) mass is 352 g/mol. The van der Waals surface area contributed by atoms with Crippen molar-refractivity contribution in [2.24, 2.45) is 0 Å². The number of fused-ring (bicyclic) bond motifs is 1. The largest absolute Gasteiger partial charge is 0.494 e. The first-order valence-electron chi connectivity index (χ1n) is 9.04. The maximum Gasteiger partial charge on any atom is 0.336 e. The van der Waals surface area contributed by atoms with Gasteiger partial charge in [0.1, 0.15) is 24.4 Å². The Hall–Kier alpha value is -2.59. The van der Waals surface area contributed by atoms with Crippen LogP contribution in [0, 0.1) is 13.8 Å². The van der Waals surface area contributed by atoms with Crippen LogP contribution in [-0.4, -0.2) is 13.7 Å². The van der Waals surface area contributed by atoms with Crippen LogP contribution >= 0.6 is 0 Å². The van der Waals surface area contributed by atoms with Crippen LogP contribution < -0.4 is 15.3 Å². The average molecular weight is 352 g/mol. The van der Waals surface area contributed by atoms with E-state index in [4.69, 9.17) is 9.15 Å². The third-order valence-corrected chi connectivity index (χ3v) is 4.75. The van der Waals surface area contributed by atoms with E-state index in [2.05, 4.69) is 31.3 Å². The molecule has 1 atom stereocenters. The lowest BCUT2D eigenvalue weighted by atomic mass is 10.0. The Balaban J connectivity index is 1.82. The van der Waals surface area contributed by atoms with Crippen LogP contribution in [0.25, 0.3) is 11.0 Å². The Morgan fingerprint density at radius 3 is 2.46 bits per heavy atom. The Bertz CT molecular complexity index is 958. The first kappa shape index (κ1) is 18.2. The van der Waals surface area contributed by atoms with Gasteiger partial charge in [-0.05, 0) is 56.2 Å². The fourth-order valence-electron chi connectivity index (χ4n) is 3.28. The van der Waals surface area contributed by atoms with Gasteiger partial charge >= 0.3 is 5.63 Å². The molecule has 0 saturated heterocycles. The fourth-order valence-corrected chi connectivity index (χ4v) is 3.28. The van der Waals surface area contributed by atoms with Crippen LogP contribution in [0.4, 0.5) is 0 Å². The summed E-state index contributed by atoms with van der Waals surface area (Å²) in [4.78, 5) is 13.3. The summed E-state index contributed by atoms with van der Waals surface area (Å²) in [7, 11) is 2.14. The summed E-state index contributed by atoms with van der Waals surface area (Å²) in [5.74, 6) is 0.895. The molecule has 0 aliphatic carbocycles. The molecule has 0 bridgehead atoms. The molecule has 1 unspecified atom stereocenters. The van der Waals surface area contributed by atoms with Crippen LogP contribution in [0.2, 0.25) is 0 Å². The third-order valence-electron chi connectivity index (χ3n) is 4.75. The predicted molar refractivity (Wildman–Crippen MR) is 104 cm³/mol. The van der Waals surface area contributed by atoms with Gasteiger partial charge in [0.15, 0.2) is 0 Å². The number of nitrogens with one attached hydrogen (secondary N) is 1. The molecular formula is C22H26NO3+. The van der Waals surface area contributed by atoms with Gasteiger partial charge in [-0.25, -0.2) is 4.79 Å². The van der Waals surface area contributed by atoms with Crippen molar-refractivity contribution >= 4 is 11.0 Å². The van der Waals surface area contributed by atoms with Crippen molar-refractivity contribution in [3.63, 3.8) is 0 Å². The molecule has 0 radical (unpaired) electrons. The molecule has 1 heterocycles. The van der Waals surface area contributed by atoms with Gasteiger partial charge < -0.3 is 14.1 Å². The van der Waals surface area contributed by atoms with Crippen molar-refractivity contribution in [3.8, 4) is 5.75 Å². The van der Waals surface area contributed by atoms with Gasteiger partial charge in [0.25, 0.3) is 0 Å². The number of aryl methyl sites for hydroxylation is 2. The zero-order valence-corrected chi connectivity index (χ0v) is 15.9. The normalized spacial score (nSPS) is 12.3. The number of benzene rings is 2. The molecule has 0 aliphatic heterocycles. The minimum absolute atomic E-state index is 0.282. The van der Waals surface area contributed by atoms with Crippen LogP contribution in [0.5, 0.6) is 5.75 Å². The molecule has 2 aromatic carbocycles. The average Bonchev–Trinajstić information content (AvgIpc) is 2.60. The molecule has 3 aromatic rings. The van der Waals surface area contributed by atoms with Gasteiger partial charge in [-0.1, -0.05) is 12.1 Å². The summed E-state index contributed by atoms with van der Waals surface area (Å²) >= 11 is 0. The molecule has 136 valence electrons. The standard InChI is InChI=1S/C22H25NO3/c1-5-25-19-9-7-17(8-10-19)13-23(4)14-18-12-21(24)26-22-16(3)15(2)6-11-20(18)22/h6-12H,5,13-14H2,1-4H3/p+1. The highest BCUT2D eigenvalue weighted by Gasteiger charge is 2.13. The second-order valence-electron chi connectivity index (χ2n) is 6.86. The quantitative estimate of drug-likeness (QED) is 0.694. The molecular weight excluding hydrogens is 326 g/mol. The molecule has 4 heteroatoms. The number of rotatable bonds is 6. The Morgan fingerprint density at radius 1 is 1.04 bits per heavy atom. The van der Waals surface area contributed by atoms with E-state index in [1.165, 1.54) is 10.5 Å². The van der Waals surface area contributed by atoms with Crippen LogP contribution in [-0.2, 0) is 13.1 Å². The highest BCUT2D eigenvalue weighted by Crippen LogP contribution is 2.22. The van der Waals surface area contributed by atoms with E-state index in [9.17, 15) is 4.79 Å². The van der Waals surface area contributed by atoms with Crippen molar-refractivity contribution in [1.29, 1.82) is 0 Å². The van der Waals surface area contributed by atoms with Gasteiger partial charge in [-0.3, -0.25) is 0 Å². The summed E-state index contributed by atoms with van der Waals surface area (Å²) < 4.78 is 11.0. The molecule has 26 heavy (non-hydrogen) atoms. The molecule has 0 amide bonds. The lowest BCUT2D eigenvalue weighted by molar-refractivity contribution is -0.907. The number of hydrogen-bond donors (Lipinski definition) is 1.